The van der Waals surface area contributed by atoms with Gasteiger partial charge in [0.1, 0.15) is 5.78 Å². The largest absolute Gasteiger partial charge is 0.393 e. The minimum absolute atomic E-state index is 0.0604. The quantitative estimate of drug-likeness (QED) is 0.745. The van der Waals surface area contributed by atoms with Gasteiger partial charge in [0, 0.05) is 7.26 Å². The van der Waals surface area contributed by atoms with Crippen molar-refractivity contribution in [2.75, 3.05) is 0 Å². The molecule has 4 saturated carbocycles. The van der Waals surface area contributed by atoms with E-state index in [4.69, 9.17) is 2.74 Å². The number of hydrogen-bond donors (Lipinski definition) is 1. The summed E-state index contributed by atoms with van der Waals surface area (Å²) in [5.41, 5.74) is 0.0394. The number of Topliss-reactive ketones (excluding diaryl/α,β-unsaturated/α-hetero) is 1. The molecule has 0 amide bonds. The van der Waals surface area contributed by atoms with Crippen molar-refractivity contribution in [3.05, 3.63) is 0 Å². The Bertz CT molecular complexity index is 619. The Morgan fingerprint density at radius 1 is 1.04 bits per heavy atom. The van der Waals surface area contributed by atoms with Crippen LogP contribution in [0.15, 0.2) is 0 Å². The van der Waals surface area contributed by atoms with E-state index >= 15 is 0 Å². The van der Waals surface area contributed by atoms with Crippen molar-refractivity contribution in [3.8, 4) is 0 Å². The van der Waals surface area contributed by atoms with Gasteiger partial charge in [-0.2, -0.15) is 0 Å². The van der Waals surface area contributed by atoms with Gasteiger partial charge in [-0.05, 0) is 98.7 Å². The molecular weight excluding hydrogens is 296 g/mol. The van der Waals surface area contributed by atoms with Crippen LogP contribution in [0.4, 0.5) is 0 Å². The van der Waals surface area contributed by atoms with E-state index < -0.39 is 12.0 Å². The molecule has 0 radical (unpaired) electrons. The predicted octanol–water partition coefficient (Wildman–Crippen LogP) is 4.84. The third-order valence-corrected chi connectivity index (χ3v) is 8.98. The van der Waals surface area contributed by atoms with Crippen molar-refractivity contribution < 1.29 is 12.6 Å². The molecule has 4 aliphatic carbocycles. The predicted molar refractivity (Wildman–Crippen MR) is 96.5 cm³/mol. The van der Waals surface area contributed by atoms with Crippen LogP contribution in [0, 0.1) is 46.3 Å². The molecule has 1 N–H and O–H groups in total. The molecule has 2 heteroatoms. The zero-order valence-corrected chi connectivity index (χ0v) is 15.9. The van der Waals surface area contributed by atoms with Crippen LogP contribution >= 0.6 is 0 Å². The average Bonchev–Trinajstić information content (AvgIpc) is 2.77. The first-order valence-corrected chi connectivity index (χ1v) is 10.2. The first kappa shape index (κ1) is 14.8. The van der Waals surface area contributed by atoms with Gasteiger partial charge in [-0.3, -0.25) is 4.79 Å². The number of hydrogen-bond acceptors (Lipinski definition) is 2. The van der Waals surface area contributed by atoms with Gasteiger partial charge >= 0.3 is 0 Å². The molecule has 24 heavy (non-hydrogen) atoms. The van der Waals surface area contributed by atoms with E-state index in [1.807, 2.05) is 0 Å². The normalized spacial score (nSPS) is 64.3. The lowest BCUT2D eigenvalue weighted by Crippen LogP contribution is -2.54. The molecule has 2 nitrogen and oxygen atoms in total. The fraction of sp³-hybridized carbons (Fsp3) is 0.955. The number of carbonyl (C=O) groups excluding carboxylic acids is 1. The number of aliphatic hydroxyl groups is 1. The fourth-order valence-electron chi connectivity index (χ4n) is 7.96. The number of fused-ring (bicyclic) bond motifs is 5. The summed E-state index contributed by atoms with van der Waals surface area (Å²) in [4.78, 5) is 12.5. The van der Waals surface area contributed by atoms with Crippen LogP contribution in [0.5, 0.6) is 0 Å². The number of carbonyl (C=O) groups is 1. The second-order valence-corrected chi connectivity index (χ2v) is 9.99. The summed E-state index contributed by atoms with van der Waals surface area (Å²) in [7, 11) is 0. The lowest BCUT2D eigenvalue weighted by Gasteiger charge is -2.60. The summed E-state index contributed by atoms with van der Waals surface area (Å²) < 4.78 is 17.3. The van der Waals surface area contributed by atoms with Gasteiger partial charge in [-0.25, -0.2) is 0 Å². The van der Waals surface area contributed by atoms with E-state index in [0.717, 1.165) is 38.5 Å². The molecule has 0 aliphatic heterocycles. The van der Waals surface area contributed by atoms with Gasteiger partial charge in [0.25, 0.3) is 0 Å². The molecule has 0 aromatic heterocycles. The van der Waals surface area contributed by atoms with Crippen molar-refractivity contribution >= 4 is 5.78 Å². The van der Waals surface area contributed by atoms with E-state index in [1.165, 1.54) is 0 Å². The van der Waals surface area contributed by atoms with E-state index in [2.05, 4.69) is 20.8 Å². The summed E-state index contributed by atoms with van der Waals surface area (Å²) in [6.45, 7) is 8.42. The number of ketones is 1. The highest BCUT2D eigenvalue weighted by Crippen LogP contribution is 2.68. The lowest BCUT2D eigenvalue weighted by molar-refractivity contribution is -0.139. The summed E-state index contributed by atoms with van der Waals surface area (Å²) in [5, 5.41) is 10.3. The van der Waals surface area contributed by atoms with Crippen molar-refractivity contribution in [1.82, 2.24) is 0 Å². The summed E-state index contributed by atoms with van der Waals surface area (Å²) in [5.74, 6) is 1.46. The number of rotatable bonds is 1. The van der Waals surface area contributed by atoms with Gasteiger partial charge in [-0.1, -0.05) is 20.8 Å². The van der Waals surface area contributed by atoms with Crippen LogP contribution in [-0.4, -0.2) is 17.0 Å². The molecular formula is C22H36O2. The van der Waals surface area contributed by atoms with Gasteiger partial charge in [-0.15, -0.1) is 0 Å². The second-order valence-electron chi connectivity index (χ2n) is 9.99. The van der Waals surface area contributed by atoms with Crippen LogP contribution in [0.25, 0.3) is 0 Å². The molecule has 0 aromatic rings. The van der Waals surface area contributed by atoms with E-state index in [1.54, 1.807) is 6.92 Å². The van der Waals surface area contributed by atoms with Crippen LogP contribution in [0.3, 0.4) is 0 Å². The molecule has 9 atom stereocenters. The van der Waals surface area contributed by atoms with Crippen LogP contribution in [-0.2, 0) is 4.79 Å². The maximum absolute atomic E-state index is 12.5. The Labute approximate surface area is 150 Å². The van der Waals surface area contributed by atoms with E-state index in [-0.39, 0.29) is 22.5 Å². The first-order valence-electron chi connectivity index (χ1n) is 11.2. The molecule has 0 heterocycles. The molecule has 0 spiro atoms. The molecule has 4 rings (SSSR count). The SMILES string of the molecule is [2H][C@@]1(O)CC[C@@]2(C)[C@H](CC[C@@H]3[C@@H]2CC[C@@]2(C)[C@H]3CC(C)[C@]2([2H])C(C)=O)C1. The molecule has 0 saturated heterocycles. The Hall–Kier alpha value is -0.370. The van der Waals surface area contributed by atoms with Gasteiger partial charge < -0.3 is 5.11 Å². The topological polar surface area (TPSA) is 37.3 Å². The van der Waals surface area contributed by atoms with Gasteiger partial charge in [0.15, 0.2) is 0 Å². The lowest BCUT2D eigenvalue weighted by atomic mass is 9.44. The standard InChI is InChI=1S/C22H36O2/c1-13-11-19-17-6-5-15-12-16(24)7-9-21(15,3)18(17)8-10-22(19,4)20(13)14(2)23/h13,15-20,24H,5-12H2,1-4H3/t13?,15-,16-,17-,18+,19+,20-,21+,22+/m1/s1/i16D,20D. The maximum atomic E-state index is 12.5. The van der Waals surface area contributed by atoms with E-state index in [0.29, 0.717) is 36.5 Å². The summed E-state index contributed by atoms with van der Waals surface area (Å²) >= 11 is 0. The summed E-state index contributed by atoms with van der Waals surface area (Å²) in [6, 6.07) is 0. The average molecular weight is 335 g/mol. The van der Waals surface area contributed by atoms with Crippen molar-refractivity contribution in [3.63, 3.8) is 0 Å². The molecule has 0 aromatic carbocycles. The van der Waals surface area contributed by atoms with Crippen molar-refractivity contribution in [2.24, 2.45) is 46.3 Å². The zero-order chi connectivity index (χ0) is 19.1. The third-order valence-electron chi connectivity index (χ3n) is 8.98. The molecule has 136 valence electrons. The zero-order valence-electron chi connectivity index (χ0n) is 17.9. The Morgan fingerprint density at radius 2 is 1.75 bits per heavy atom. The minimum atomic E-state index is -1.23. The molecule has 0 bridgehead atoms. The van der Waals surface area contributed by atoms with Crippen LogP contribution in [0.2, 0.25) is 0 Å². The van der Waals surface area contributed by atoms with E-state index in [9.17, 15) is 9.90 Å². The molecule has 4 aliphatic rings. The Kier molecular flexibility index (Phi) is 3.42. The van der Waals surface area contributed by atoms with Crippen LogP contribution < -0.4 is 0 Å². The van der Waals surface area contributed by atoms with Gasteiger partial charge in [0.05, 0.1) is 7.45 Å². The third kappa shape index (κ3) is 2.20. The highest BCUT2D eigenvalue weighted by atomic mass is 16.3. The van der Waals surface area contributed by atoms with Crippen LogP contribution in [0.1, 0.15) is 81.8 Å². The smallest absolute Gasteiger partial charge is 0.133 e. The minimum Gasteiger partial charge on any atom is -0.393 e. The van der Waals surface area contributed by atoms with Crippen molar-refractivity contribution in [1.29, 1.82) is 0 Å². The fourth-order valence-corrected chi connectivity index (χ4v) is 7.96. The second kappa shape index (κ2) is 5.56. The molecule has 4 fully saturated rings. The van der Waals surface area contributed by atoms with Crippen molar-refractivity contribution in [2.45, 2.75) is 85.1 Å². The highest BCUT2D eigenvalue weighted by Gasteiger charge is 2.62. The summed E-state index contributed by atoms with van der Waals surface area (Å²) in [6.07, 6.45) is 6.32. The molecule has 1 unspecified atom stereocenters. The monoisotopic (exact) mass is 334 g/mol. The highest BCUT2D eigenvalue weighted by molar-refractivity contribution is 5.80. The Morgan fingerprint density at radius 3 is 2.46 bits per heavy atom. The van der Waals surface area contributed by atoms with Gasteiger partial charge in [0.2, 0.25) is 0 Å². The first-order chi connectivity index (χ1) is 12.0. The maximum Gasteiger partial charge on any atom is 0.133 e. The Balaban J connectivity index is 1.66.